The van der Waals surface area contributed by atoms with Gasteiger partial charge < -0.3 is 9.64 Å². The van der Waals surface area contributed by atoms with Crippen LogP contribution in [-0.4, -0.2) is 42.3 Å². The van der Waals surface area contributed by atoms with E-state index in [2.05, 4.69) is 0 Å². The molecule has 1 fully saturated rings. The van der Waals surface area contributed by atoms with Crippen LogP contribution in [0.3, 0.4) is 0 Å². The summed E-state index contributed by atoms with van der Waals surface area (Å²) in [5.74, 6) is -0.729. The van der Waals surface area contributed by atoms with Crippen LogP contribution in [0.25, 0.3) is 0 Å². The molecule has 0 unspecified atom stereocenters. The van der Waals surface area contributed by atoms with Crippen molar-refractivity contribution < 1.29 is 23.5 Å². The maximum Gasteiger partial charge on any atom is 0.348 e. The third-order valence-electron chi connectivity index (χ3n) is 5.02. The smallest absolute Gasteiger partial charge is 0.348 e. The van der Waals surface area contributed by atoms with Crippen LogP contribution >= 0.6 is 11.3 Å². The molecule has 0 radical (unpaired) electrons. The molecule has 158 valence electrons. The zero-order chi connectivity index (χ0) is 21.5. The Morgan fingerprint density at radius 1 is 1.30 bits per heavy atom. The summed E-state index contributed by atoms with van der Waals surface area (Å²) in [6.07, 6.45) is 6.12. The molecule has 2 heterocycles. The van der Waals surface area contributed by atoms with E-state index in [-0.39, 0.29) is 35.9 Å². The molecule has 5 nitrogen and oxygen atoms in total. The van der Waals surface area contributed by atoms with Gasteiger partial charge in [0.2, 0.25) is 5.91 Å². The molecule has 0 N–H and O–H groups in total. The second kappa shape index (κ2) is 10.3. The van der Waals surface area contributed by atoms with E-state index in [4.69, 9.17) is 4.74 Å². The number of allylic oxidation sites excluding steroid dienone is 1. The molecule has 1 aromatic heterocycles. The highest BCUT2D eigenvalue weighted by atomic mass is 32.1. The van der Waals surface area contributed by atoms with Crippen molar-refractivity contribution >= 4 is 29.0 Å². The standard InChI is InChI=1S/C23H24FNO4S/c1-29-23(28)21-11-10-20(30-21)6-3-13-25-18(8-12-22(25)27)7-9-19(26)15-16-4-2-5-17(24)14-16/h2,4-5,7,9-11,14,18H,3,6,8,12-13,15H2,1H3/t18-/m0/s1. The molecule has 1 aliphatic heterocycles. The summed E-state index contributed by atoms with van der Waals surface area (Å²) in [6.45, 7) is 0.595. The SMILES string of the molecule is COC(=O)c1ccc(CCCN2C(=O)CC[C@@H]2C=CC(=O)Cc2cccc(F)c2)s1. The van der Waals surface area contributed by atoms with Crippen LogP contribution in [0.4, 0.5) is 4.39 Å². The Kier molecular flexibility index (Phi) is 7.52. The summed E-state index contributed by atoms with van der Waals surface area (Å²) in [7, 11) is 1.36. The zero-order valence-corrected chi connectivity index (χ0v) is 17.6. The van der Waals surface area contributed by atoms with Gasteiger partial charge in [-0.2, -0.15) is 0 Å². The third kappa shape index (κ3) is 5.86. The first-order valence-electron chi connectivity index (χ1n) is 9.88. The fraction of sp³-hybridized carbons (Fsp3) is 0.348. The first kappa shape index (κ1) is 21.9. The number of nitrogens with zero attached hydrogens (tertiary/aromatic N) is 1. The number of esters is 1. The lowest BCUT2D eigenvalue weighted by Crippen LogP contribution is -2.33. The fourth-order valence-corrected chi connectivity index (χ4v) is 4.49. The van der Waals surface area contributed by atoms with Gasteiger partial charge in [-0.15, -0.1) is 11.3 Å². The van der Waals surface area contributed by atoms with Crippen molar-refractivity contribution in [2.45, 2.75) is 38.1 Å². The van der Waals surface area contributed by atoms with E-state index in [0.29, 0.717) is 29.8 Å². The lowest BCUT2D eigenvalue weighted by atomic mass is 10.1. The first-order chi connectivity index (χ1) is 14.5. The molecule has 0 saturated carbocycles. The maximum absolute atomic E-state index is 13.2. The maximum atomic E-state index is 13.2. The number of hydrogen-bond acceptors (Lipinski definition) is 5. The van der Waals surface area contributed by atoms with Crippen molar-refractivity contribution in [3.8, 4) is 0 Å². The number of halogens is 1. The van der Waals surface area contributed by atoms with Gasteiger partial charge >= 0.3 is 5.97 Å². The number of ketones is 1. The highest BCUT2D eigenvalue weighted by Crippen LogP contribution is 2.23. The van der Waals surface area contributed by atoms with Crippen molar-refractivity contribution in [3.05, 3.63) is 69.7 Å². The van der Waals surface area contributed by atoms with Crippen LogP contribution < -0.4 is 0 Å². The topological polar surface area (TPSA) is 63.7 Å². The number of rotatable bonds is 9. The van der Waals surface area contributed by atoms with E-state index >= 15 is 0 Å². The molecular formula is C23H24FNO4S. The normalized spacial score (nSPS) is 16.4. The van der Waals surface area contributed by atoms with Crippen LogP contribution in [0.1, 0.15) is 39.4 Å². The Labute approximate surface area is 179 Å². The predicted octanol–water partition coefficient (Wildman–Crippen LogP) is 3.97. The van der Waals surface area contributed by atoms with E-state index in [1.807, 2.05) is 6.07 Å². The Bertz CT molecular complexity index is 952. The number of amides is 1. The van der Waals surface area contributed by atoms with Gasteiger partial charge in [-0.1, -0.05) is 18.2 Å². The summed E-state index contributed by atoms with van der Waals surface area (Å²) in [5, 5.41) is 0. The molecule has 3 rings (SSSR count). The Morgan fingerprint density at radius 2 is 2.13 bits per heavy atom. The average molecular weight is 430 g/mol. The minimum atomic E-state index is -0.360. The number of carbonyl (C=O) groups excluding carboxylic acids is 3. The van der Waals surface area contributed by atoms with Crippen LogP contribution in [0.15, 0.2) is 48.6 Å². The van der Waals surface area contributed by atoms with Gasteiger partial charge in [-0.3, -0.25) is 9.59 Å². The molecule has 1 aromatic carbocycles. The monoisotopic (exact) mass is 429 g/mol. The molecule has 0 bridgehead atoms. The van der Waals surface area contributed by atoms with Gasteiger partial charge in [0.05, 0.1) is 13.2 Å². The quantitative estimate of drug-likeness (QED) is 0.447. The predicted molar refractivity (Wildman–Crippen MR) is 113 cm³/mol. The summed E-state index contributed by atoms with van der Waals surface area (Å²) < 4.78 is 18.0. The van der Waals surface area contributed by atoms with E-state index in [1.165, 1.54) is 36.7 Å². The third-order valence-corrected chi connectivity index (χ3v) is 6.14. The molecule has 1 saturated heterocycles. The summed E-state index contributed by atoms with van der Waals surface area (Å²) in [5.41, 5.74) is 0.631. The molecule has 1 amide bonds. The summed E-state index contributed by atoms with van der Waals surface area (Å²) in [6, 6.07) is 9.57. The van der Waals surface area contributed by atoms with Gasteiger partial charge in [-0.25, -0.2) is 9.18 Å². The van der Waals surface area contributed by atoms with E-state index < -0.39 is 0 Å². The minimum Gasteiger partial charge on any atom is -0.465 e. The molecule has 0 aliphatic carbocycles. The second-order valence-electron chi connectivity index (χ2n) is 7.19. The number of benzene rings is 1. The highest BCUT2D eigenvalue weighted by molar-refractivity contribution is 7.13. The Hall–Kier alpha value is -2.80. The summed E-state index contributed by atoms with van der Waals surface area (Å²) in [4.78, 5) is 39.4. The van der Waals surface area contributed by atoms with Crippen LogP contribution in [0.5, 0.6) is 0 Å². The molecule has 0 spiro atoms. The molecule has 1 atom stereocenters. The average Bonchev–Trinajstić information content (AvgIpc) is 3.33. The molecular weight excluding hydrogens is 405 g/mol. The van der Waals surface area contributed by atoms with E-state index in [9.17, 15) is 18.8 Å². The molecule has 1 aliphatic rings. The molecule has 2 aromatic rings. The number of aryl methyl sites for hydroxylation is 1. The Balaban J connectivity index is 1.51. The van der Waals surface area contributed by atoms with Gasteiger partial charge in [0.1, 0.15) is 10.7 Å². The minimum absolute atomic E-state index is 0.0867. The van der Waals surface area contributed by atoms with Gasteiger partial charge in [0.15, 0.2) is 5.78 Å². The van der Waals surface area contributed by atoms with Gasteiger partial charge in [0.25, 0.3) is 0 Å². The zero-order valence-electron chi connectivity index (χ0n) is 16.8. The molecule has 30 heavy (non-hydrogen) atoms. The fourth-order valence-electron chi connectivity index (χ4n) is 3.52. The van der Waals surface area contributed by atoms with Crippen molar-refractivity contribution in [2.24, 2.45) is 0 Å². The second-order valence-corrected chi connectivity index (χ2v) is 8.35. The van der Waals surface area contributed by atoms with Crippen molar-refractivity contribution in [1.82, 2.24) is 4.90 Å². The van der Waals surface area contributed by atoms with E-state index in [1.54, 1.807) is 29.2 Å². The number of ether oxygens (including phenoxy) is 1. The first-order valence-corrected chi connectivity index (χ1v) is 10.7. The number of methoxy groups -OCH3 is 1. The summed E-state index contributed by atoms with van der Waals surface area (Å²) >= 11 is 1.40. The van der Waals surface area contributed by atoms with Gasteiger partial charge in [-0.05, 0) is 55.2 Å². The molecule has 7 heteroatoms. The van der Waals surface area contributed by atoms with Crippen molar-refractivity contribution in [1.29, 1.82) is 0 Å². The number of thiophene rings is 1. The van der Waals surface area contributed by atoms with E-state index in [0.717, 1.165) is 17.7 Å². The largest absolute Gasteiger partial charge is 0.465 e. The lowest BCUT2D eigenvalue weighted by molar-refractivity contribution is -0.128. The number of hydrogen-bond donors (Lipinski definition) is 0. The van der Waals surface area contributed by atoms with Crippen molar-refractivity contribution in [2.75, 3.05) is 13.7 Å². The van der Waals surface area contributed by atoms with Gasteiger partial charge in [0, 0.05) is 24.3 Å². The van der Waals surface area contributed by atoms with Crippen molar-refractivity contribution in [3.63, 3.8) is 0 Å². The van der Waals surface area contributed by atoms with Crippen LogP contribution in [0, 0.1) is 5.82 Å². The lowest BCUT2D eigenvalue weighted by Gasteiger charge is -2.22. The number of carbonyl (C=O) groups is 3. The van der Waals surface area contributed by atoms with Crippen LogP contribution in [-0.2, 0) is 27.2 Å². The van der Waals surface area contributed by atoms with Crippen LogP contribution in [0.2, 0.25) is 0 Å². The number of likely N-dealkylation sites (tertiary alicyclic amines) is 1. The highest BCUT2D eigenvalue weighted by Gasteiger charge is 2.28. The Morgan fingerprint density at radius 3 is 2.90 bits per heavy atom.